The van der Waals surface area contributed by atoms with E-state index in [2.05, 4.69) is 15.0 Å². The lowest BCUT2D eigenvalue weighted by molar-refractivity contribution is -0.159. The fourth-order valence-corrected chi connectivity index (χ4v) is 3.60. The maximum Gasteiger partial charge on any atom is 0.414 e. The van der Waals surface area contributed by atoms with Crippen molar-refractivity contribution in [2.75, 3.05) is 32.8 Å². The third-order valence-electron chi connectivity index (χ3n) is 5.01. The highest BCUT2D eigenvalue weighted by Crippen LogP contribution is 2.25. The van der Waals surface area contributed by atoms with Gasteiger partial charge in [-0.15, -0.1) is 0 Å². The van der Waals surface area contributed by atoms with Crippen molar-refractivity contribution in [3.8, 4) is 0 Å². The van der Waals surface area contributed by atoms with Gasteiger partial charge in [0.05, 0.1) is 25.2 Å². The minimum Gasteiger partial charge on any atom is -0.473 e. The highest BCUT2D eigenvalue weighted by Gasteiger charge is 2.38. The number of aryl methyl sites for hydroxylation is 1. The number of carboxylic acids is 2. The van der Waals surface area contributed by atoms with Gasteiger partial charge < -0.3 is 28.8 Å². The molecule has 2 fully saturated rings. The van der Waals surface area contributed by atoms with Gasteiger partial charge in [-0.1, -0.05) is 5.16 Å². The molecular weight excluding hydrogens is 412 g/mol. The second-order valence-corrected chi connectivity index (χ2v) is 7.36. The Hall–Kier alpha value is -3.25. The number of nitrogens with zero attached hydrogens (tertiary/aromatic N) is 4. The van der Waals surface area contributed by atoms with E-state index in [1.807, 2.05) is 11.0 Å². The van der Waals surface area contributed by atoms with E-state index in [-0.39, 0.29) is 18.4 Å². The standard InChI is InChI=1S/C17H22N4O4.C2H2O4/c1-12-18-16(25-19-12)6-17(22)21-9-14-8-20(3-5-24-15(14)10-21)7-13-2-4-23-11-13;3-1(4)2(5)6/h2,4,11,14-15H,3,5-10H2,1H3;(H,3,4)(H,5,6)/t14-,15+;/m0./s1. The number of aromatic nitrogens is 2. The van der Waals surface area contributed by atoms with Gasteiger partial charge in [0.1, 0.15) is 6.42 Å². The molecule has 2 aromatic heterocycles. The van der Waals surface area contributed by atoms with Gasteiger partial charge in [0.25, 0.3) is 0 Å². The fourth-order valence-electron chi connectivity index (χ4n) is 3.60. The van der Waals surface area contributed by atoms with E-state index in [9.17, 15) is 4.79 Å². The van der Waals surface area contributed by atoms with Gasteiger partial charge in [0.15, 0.2) is 5.82 Å². The first kappa shape index (κ1) is 22.4. The van der Waals surface area contributed by atoms with Crippen LogP contribution in [0.5, 0.6) is 0 Å². The van der Waals surface area contributed by atoms with E-state index >= 15 is 0 Å². The fraction of sp³-hybridized carbons (Fsp3) is 0.526. The van der Waals surface area contributed by atoms with Crippen molar-refractivity contribution < 1.29 is 38.3 Å². The van der Waals surface area contributed by atoms with Crippen LogP contribution in [-0.4, -0.2) is 86.9 Å². The summed E-state index contributed by atoms with van der Waals surface area (Å²) < 4.78 is 16.2. The van der Waals surface area contributed by atoms with Crippen LogP contribution in [0.2, 0.25) is 0 Å². The molecule has 12 heteroatoms. The van der Waals surface area contributed by atoms with Crippen molar-refractivity contribution in [3.63, 3.8) is 0 Å². The summed E-state index contributed by atoms with van der Waals surface area (Å²) in [6.07, 6.45) is 3.73. The number of fused-ring (bicyclic) bond motifs is 1. The molecule has 0 radical (unpaired) electrons. The molecule has 2 N–H and O–H groups in total. The van der Waals surface area contributed by atoms with Crippen LogP contribution in [0.15, 0.2) is 27.5 Å². The lowest BCUT2D eigenvalue weighted by atomic mass is 10.1. The zero-order valence-electron chi connectivity index (χ0n) is 17.0. The molecule has 0 aromatic carbocycles. The average molecular weight is 436 g/mol. The first-order valence-electron chi connectivity index (χ1n) is 9.70. The topological polar surface area (TPSA) is 159 Å². The molecule has 4 rings (SSSR count). The van der Waals surface area contributed by atoms with Crippen LogP contribution in [0.3, 0.4) is 0 Å². The molecule has 4 heterocycles. The minimum absolute atomic E-state index is 0.0155. The molecule has 0 aliphatic carbocycles. The largest absolute Gasteiger partial charge is 0.473 e. The van der Waals surface area contributed by atoms with Crippen LogP contribution in [0.1, 0.15) is 17.3 Å². The summed E-state index contributed by atoms with van der Waals surface area (Å²) in [4.78, 5) is 39.0. The summed E-state index contributed by atoms with van der Waals surface area (Å²) in [5.41, 5.74) is 1.16. The molecule has 0 unspecified atom stereocenters. The quantitative estimate of drug-likeness (QED) is 0.622. The first-order valence-corrected chi connectivity index (χ1v) is 9.70. The monoisotopic (exact) mass is 436 g/mol. The molecule has 2 atom stereocenters. The van der Waals surface area contributed by atoms with Crippen LogP contribution in [0, 0.1) is 12.8 Å². The lowest BCUT2D eigenvalue weighted by Gasteiger charge is -2.22. The number of amides is 1. The molecule has 31 heavy (non-hydrogen) atoms. The van der Waals surface area contributed by atoms with Crippen LogP contribution in [-0.2, 0) is 32.1 Å². The van der Waals surface area contributed by atoms with Crippen molar-refractivity contribution >= 4 is 17.8 Å². The Morgan fingerprint density at radius 3 is 2.58 bits per heavy atom. The molecular formula is C19H24N4O8. The van der Waals surface area contributed by atoms with Crippen LogP contribution in [0.25, 0.3) is 0 Å². The number of hydrogen-bond donors (Lipinski definition) is 2. The van der Waals surface area contributed by atoms with E-state index in [1.165, 1.54) is 0 Å². The predicted molar refractivity (Wildman–Crippen MR) is 102 cm³/mol. The highest BCUT2D eigenvalue weighted by molar-refractivity contribution is 6.27. The molecule has 0 spiro atoms. The Morgan fingerprint density at radius 1 is 1.19 bits per heavy atom. The van der Waals surface area contributed by atoms with Crippen molar-refractivity contribution in [2.45, 2.75) is 26.0 Å². The van der Waals surface area contributed by atoms with Crippen molar-refractivity contribution in [1.82, 2.24) is 19.9 Å². The molecule has 2 aromatic rings. The van der Waals surface area contributed by atoms with Gasteiger partial charge in [0, 0.05) is 44.2 Å². The lowest BCUT2D eigenvalue weighted by Crippen LogP contribution is -2.34. The number of likely N-dealkylation sites (tertiary alicyclic amines) is 1. The number of furan rings is 1. The Balaban J connectivity index is 0.000000401. The Bertz CT molecular complexity index is 885. The summed E-state index contributed by atoms with van der Waals surface area (Å²) in [5.74, 6) is -2.39. The van der Waals surface area contributed by atoms with E-state index in [1.54, 1.807) is 19.5 Å². The maximum atomic E-state index is 12.5. The summed E-state index contributed by atoms with van der Waals surface area (Å²) in [7, 11) is 0. The highest BCUT2D eigenvalue weighted by atomic mass is 16.5. The second kappa shape index (κ2) is 10.2. The summed E-state index contributed by atoms with van der Waals surface area (Å²) in [6, 6.07) is 1.99. The molecule has 0 bridgehead atoms. The van der Waals surface area contributed by atoms with Crippen LogP contribution in [0.4, 0.5) is 0 Å². The Labute approximate surface area is 177 Å². The zero-order valence-corrected chi connectivity index (χ0v) is 17.0. The van der Waals surface area contributed by atoms with Gasteiger partial charge in [-0.05, 0) is 13.0 Å². The first-order chi connectivity index (χ1) is 14.8. The molecule has 168 valence electrons. The minimum atomic E-state index is -1.82. The predicted octanol–water partition coefficient (Wildman–Crippen LogP) is 0.0285. The van der Waals surface area contributed by atoms with E-state index in [4.69, 9.17) is 33.5 Å². The average Bonchev–Trinajstić information content (AvgIpc) is 3.43. The maximum absolute atomic E-state index is 12.5. The third kappa shape index (κ3) is 6.36. The molecule has 12 nitrogen and oxygen atoms in total. The Morgan fingerprint density at radius 2 is 1.97 bits per heavy atom. The molecule has 2 saturated heterocycles. The summed E-state index contributed by atoms with van der Waals surface area (Å²) in [6.45, 7) is 6.43. The van der Waals surface area contributed by atoms with Gasteiger partial charge in [-0.25, -0.2) is 9.59 Å². The number of aliphatic carboxylic acids is 2. The number of carbonyl (C=O) groups is 3. The molecule has 2 aliphatic heterocycles. The van der Waals surface area contributed by atoms with E-state index < -0.39 is 11.9 Å². The number of rotatable bonds is 4. The molecule has 0 saturated carbocycles. The van der Waals surface area contributed by atoms with Crippen molar-refractivity contribution in [2.24, 2.45) is 5.92 Å². The summed E-state index contributed by atoms with van der Waals surface area (Å²) >= 11 is 0. The SMILES string of the molecule is Cc1noc(CC(=O)N2C[C@@H]3CN(Cc4ccoc4)CCO[C@@H]3C2)n1.O=C(O)C(=O)O. The molecule has 2 aliphatic rings. The van der Waals surface area contributed by atoms with Gasteiger partial charge in [-0.2, -0.15) is 4.98 Å². The third-order valence-corrected chi connectivity index (χ3v) is 5.01. The zero-order chi connectivity index (χ0) is 22.4. The number of carbonyl (C=O) groups excluding carboxylic acids is 1. The summed E-state index contributed by atoms with van der Waals surface area (Å²) in [5, 5.41) is 18.5. The smallest absolute Gasteiger partial charge is 0.414 e. The van der Waals surface area contributed by atoms with Crippen LogP contribution < -0.4 is 0 Å². The van der Waals surface area contributed by atoms with Crippen molar-refractivity contribution in [3.05, 3.63) is 35.9 Å². The Kier molecular flexibility index (Phi) is 7.36. The molecule has 1 amide bonds. The number of hydrogen-bond acceptors (Lipinski definition) is 9. The van der Waals surface area contributed by atoms with Gasteiger partial charge in [-0.3, -0.25) is 9.69 Å². The second-order valence-electron chi connectivity index (χ2n) is 7.36. The van der Waals surface area contributed by atoms with E-state index in [0.29, 0.717) is 37.3 Å². The number of ether oxygens (including phenoxy) is 1. The normalized spacial score (nSPS) is 21.0. The number of carboxylic acid groups (broad SMARTS) is 2. The van der Waals surface area contributed by atoms with E-state index in [0.717, 1.165) is 25.2 Å². The van der Waals surface area contributed by atoms with Crippen LogP contribution >= 0.6 is 0 Å². The van der Waals surface area contributed by atoms with Gasteiger partial charge in [0.2, 0.25) is 11.8 Å². The van der Waals surface area contributed by atoms with Gasteiger partial charge >= 0.3 is 11.9 Å². The van der Waals surface area contributed by atoms with Crippen molar-refractivity contribution in [1.29, 1.82) is 0 Å².